The molecule has 0 saturated carbocycles. The number of ether oxygens (including phenoxy) is 1. The van der Waals surface area contributed by atoms with Gasteiger partial charge in [0, 0.05) is 41.4 Å². The number of carboxylic acid groups (broad SMARTS) is 2. The van der Waals surface area contributed by atoms with Gasteiger partial charge in [0.25, 0.3) is 0 Å². The van der Waals surface area contributed by atoms with E-state index < -0.39 is 59.6 Å². The Morgan fingerprint density at radius 1 is 1.13 bits per heavy atom. The predicted octanol–water partition coefficient (Wildman–Crippen LogP) is 1.84. The molecule has 2 aliphatic rings. The molecule has 2 aliphatic heterocycles. The lowest BCUT2D eigenvalue weighted by atomic mass is 9.84. The average molecular weight is 644 g/mol. The Kier molecular flexibility index (Phi) is 9.57. The van der Waals surface area contributed by atoms with Crippen LogP contribution < -0.4 is 15.0 Å². The summed E-state index contributed by atoms with van der Waals surface area (Å²) in [5, 5.41) is 42.7. The fraction of sp³-hybridized carbons (Fsp3) is 0.387. The molecule has 3 amide bonds. The zero-order chi connectivity index (χ0) is 33.3. The van der Waals surface area contributed by atoms with E-state index in [1.807, 2.05) is 0 Å². The van der Waals surface area contributed by atoms with Crippen molar-refractivity contribution in [1.29, 1.82) is 0 Å². The molecule has 5 N–H and O–H groups in total. The van der Waals surface area contributed by atoms with Crippen LogP contribution in [0.25, 0.3) is 6.08 Å². The molecule has 1 fully saturated rings. The highest BCUT2D eigenvalue weighted by Gasteiger charge is 2.61. The van der Waals surface area contributed by atoms with Gasteiger partial charge < -0.3 is 40.3 Å². The summed E-state index contributed by atoms with van der Waals surface area (Å²) in [6.07, 6.45) is 1.38. The quantitative estimate of drug-likeness (QED) is 0.188. The summed E-state index contributed by atoms with van der Waals surface area (Å²) in [5.74, 6) is -5.45. The Labute approximate surface area is 263 Å². The van der Waals surface area contributed by atoms with Crippen molar-refractivity contribution in [3.8, 4) is 5.75 Å². The van der Waals surface area contributed by atoms with E-state index in [1.54, 1.807) is 45.2 Å². The minimum absolute atomic E-state index is 0.0925. The number of likely N-dealkylation sites (tertiary alicyclic amines) is 1. The van der Waals surface area contributed by atoms with Gasteiger partial charge in [-0.1, -0.05) is 31.5 Å². The number of amides is 3. The monoisotopic (exact) mass is 643 g/mol. The zero-order valence-electron chi connectivity index (χ0n) is 24.8. The number of fused-ring (bicyclic) bond motifs is 1. The van der Waals surface area contributed by atoms with Gasteiger partial charge in [0.2, 0.25) is 17.7 Å². The number of aliphatic carboxylic acids is 2. The molecule has 13 nitrogen and oxygen atoms in total. The van der Waals surface area contributed by atoms with Crippen molar-refractivity contribution in [2.75, 3.05) is 25.1 Å². The molecule has 4 rings (SSSR count). The number of carbonyl (C=O) groups is 5. The van der Waals surface area contributed by atoms with Crippen LogP contribution in [-0.4, -0.2) is 92.9 Å². The molecule has 0 aliphatic carbocycles. The van der Waals surface area contributed by atoms with Crippen LogP contribution >= 0.6 is 11.6 Å². The third-order valence-electron chi connectivity index (χ3n) is 8.14. The number of aliphatic hydroxyl groups excluding tert-OH is 2. The molecule has 2 aromatic rings. The lowest BCUT2D eigenvalue weighted by Gasteiger charge is -2.37. The van der Waals surface area contributed by atoms with Gasteiger partial charge in [0.1, 0.15) is 23.9 Å². The average Bonchev–Trinajstić information content (AvgIpc) is 3.61. The third-order valence-corrected chi connectivity index (χ3v) is 8.39. The molecule has 1 unspecified atom stereocenters. The topological polar surface area (TPSA) is 194 Å². The van der Waals surface area contributed by atoms with Crippen molar-refractivity contribution < 1.29 is 49.1 Å². The van der Waals surface area contributed by atoms with Gasteiger partial charge >= 0.3 is 17.5 Å². The summed E-state index contributed by atoms with van der Waals surface area (Å²) in [5.41, 5.74) is -3.23. The van der Waals surface area contributed by atoms with E-state index in [0.717, 1.165) is 6.08 Å². The second-order valence-electron chi connectivity index (χ2n) is 11.6. The van der Waals surface area contributed by atoms with Crippen molar-refractivity contribution in [3.63, 3.8) is 0 Å². The molecule has 0 radical (unpaired) electrons. The van der Waals surface area contributed by atoms with E-state index in [-0.39, 0.29) is 23.8 Å². The Hall–Kier alpha value is -4.46. The molecule has 0 bridgehead atoms. The smallest absolute Gasteiger partial charge is 0.363 e. The normalized spacial score (nSPS) is 19.5. The van der Waals surface area contributed by atoms with E-state index in [2.05, 4.69) is 5.32 Å². The highest BCUT2D eigenvalue weighted by Crippen LogP contribution is 2.44. The van der Waals surface area contributed by atoms with E-state index in [4.69, 9.17) is 16.3 Å². The number of nitrogens with one attached hydrogen (secondary N) is 1. The van der Waals surface area contributed by atoms with Gasteiger partial charge in [-0.25, -0.2) is 9.59 Å². The first kappa shape index (κ1) is 33.4. The zero-order valence-corrected chi connectivity index (χ0v) is 25.5. The van der Waals surface area contributed by atoms with Crippen molar-refractivity contribution >= 4 is 53.0 Å². The Morgan fingerprint density at radius 3 is 2.38 bits per heavy atom. The number of aliphatic hydroxyl groups is 2. The van der Waals surface area contributed by atoms with Gasteiger partial charge in [0.05, 0.1) is 6.61 Å². The van der Waals surface area contributed by atoms with Crippen LogP contribution in [0.3, 0.4) is 0 Å². The first-order valence-electron chi connectivity index (χ1n) is 14.0. The Bertz CT molecular complexity index is 1530. The number of rotatable bonds is 10. The van der Waals surface area contributed by atoms with E-state index in [1.165, 1.54) is 34.1 Å². The molecular weight excluding hydrogens is 610 g/mol. The van der Waals surface area contributed by atoms with E-state index >= 15 is 0 Å². The molecule has 45 heavy (non-hydrogen) atoms. The number of anilines is 1. The number of halogens is 1. The number of nitrogens with zero attached hydrogens (tertiary/aromatic N) is 2. The summed E-state index contributed by atoms with van der Waals surface area (Å²) >= 11 is 5.97. The largest absolute Gasteiger partial charge is 0.478 e. The summed E-state index contributed by atoms with van der Waals surface area (Å²) in [4.78, 5) is 66.6. The maximum Gasteiger partial charge on any atom is 0.363 e. The number of likely N-dealkylation sites (N-methyl/N-ethyl adjacent to an activating group) is 1. The number of carbonyl (C=O) groups excluding carboxylic acids is 3. The molecule has 0 aromatic heterocycles. The second-order valence-corrected chi connectivity index (χ2v) is 12.1. The van der Waals surface area contributed by atoms with Gasteiger partial charge in [-0.15, -0.1) is 0 Å². The molecule has 240 valence electrons. The number of benzene rings is 2. The Balaban J connectivity index is 1.51. The molecule has 1 saturated heterocycles. The fourth-order valence-electron chi connectivity index (χ4n) is 5.35. The van der Waals surface area contributed by atoms with Crippen molar-refractivity contribution in [2.45, 2.75) is 50.5 Å². The maximum atomic E-state index is 13.9. The summed E-state index contributed by atoms with van der Waals surface area (Å²) in [6, 6.07) is 8.67. The van der Waals surface area contributed by atoms with Gasteiger partial charge in [-0.2, -0.15) is 0 Å². The molecule has 3 atom stereocenters. The fourth-order valence-corrected chi connectivity index (χ4v) is 5.48. The lowest BCUT2D eigenvalue weighted by Crippen LogP contribution is -2.59. The maximum absolute atomic E-state index is 13.9. The molecular formula is C31H34ClN3O10. The second kappa shape index (κ2) is 12.9. The Morgan fingerprint density at radius 2 is 1.78 bits per heavy atom. The molecule has 0 spiro atoms. The highest BCUT2D eigenvalue weighted by atomic mass is 35.5. The standard InChI is InChI=1S/C31H34ClN3O10/c1-30(2,16-36)24(27(40)35-14-4-5-21(35)26(39)34(3)19-10-8-18(32)9-11-19)33-23(37)13-7-17-6-12-22-20(15-17)25(38)31(45-22,28(41)42)29(43)44/h6-13,15,21,24-25,36,38H,4-5,14,16H2,1-3H3,(H,33,37)(H,41,42)(H,43,44)/t21-,24+,25?/m0/s1. The number of hydrogen-bond acceptors (Lipinski definition) is 8. The number of carboxylic acids is 2. The lowest BCUT2D eigenvalue weighted by molar-refractivity contribution is -0.180. The highest BCUT2D eigenvalue weighted by molar-refractivity contribution is 6.30. The van der Waals surface area contributed by atoms with Crippen molar-refractivity contribution in [3.05, 3.63) is 64.7 Å². The van der Waals surface area contributed by atoms with E-state index in [0.29, 0.717) is 29.1 Å². The molecule has 14 heteroatoms. The summed E-state index contributed by atoms with van der Waals surface area (Å²) in [6.45, 7) is 3.03. The minimum atomic E-state index is -2.91. The van der Waals surface area contributed by atoms with E-state index in [9.17, 15) is 44.4 Å². The van der Waals surface area contributed by atoms with Gasteiger partial charge in [-0.3, -0.25) is 14.4 Å². The SMILES string of the molecule is CN(C(=O)[C@@H]1CCCN1C(=O)[C@@H](NC(=O)C=Cc1ccc2c(c1)C(O)C(C(=O)O)(C(=O)O)O2)C(C)(C)CO)c1ccc(Cl)cc1. The van der Waals surface area contributed by atoms with Crippen LogP contribution in [0.1, 0.15) is 43.9 Å². The van der Waals surface area contributed by atoms with Crippen LogP contribution in [0.15, 0.2) is 48.5 Å². The summed E-state index contributed by atoms with van der Waals surface area (Å²) in [7, 11) is 1.60. The first-order chi connectivity index (χ1) is 21.1. The summed E-state index contributed by atoms with van der Waals surface area (Å²) < 4.78 is 5.11. The van der Waals surface area contributed by atoms with Crippen molar-refractivity contribution in [1.82, 2.24) is 10.2 Å². The molecule has 2 aromatic carbocycles. The predicted molar refractivity (Wildman–Crippen MR) is 161 cm³/mol. The van der Waals surface area contributed by atoms with Crippen LogP contribution in [0.2, 0.25) is 5.02 Å². The minimum Gasteiger partial charge on any atom is -0.478 e. The number of hydrogen-bond donors (Lipinski definition) is 5. The van der Waals surface area contributed by atoms with Crippen LogP contribution in [0.4, 0.5) is 5.69 Å². The van der Waals surface area contributed by atoms with Gasteiger partial charge in [0.15, 0.2) is 0 Å². The first-order valence-corrected chi connectivity index (χ1v) is 14.4. The van der Waals surface area contributed by atoms with Crippen molar-refractivity contribution in [2.24, 2.45) is 5.41 Å². The van der Waals surface area contributed by atoms with Gasteiger partial charge in [-0.05, 0) is 60.9 Å². The van der Waals surface area contributed by atoms with Crippen LogP contribution in [0.5, 0.6) is 5.75 Å². The third kappa shape index (κ3) is 6.37. The molecule has 2 heterocycles. The van der Waals surface area contributed by atoms with Crippen LogP contribution in [0, 0.1) is 5.41 Å². The van der Waals surface area contributed by atoms with Crippen LogP contribution in [-0.2, 0) is 24.0 Å².